The van der Waals surface area contributed by atoms with Crippen LogP contribution in [0.4, 0.5) is 11.6 Å². The van der Waals surface area contributed by atoms with E-state index in [4.69, 9.17) is 23.2 Å². The third-order valence-electron chi connectivity index (χ3n) is 3.53. The molecule has 0 aromatic carbocycles. The standard InChI is InChI=1S/C14H21Cl2N3O/c1-2-5-17-13-11(15)7-12(16)14(18-13)19-6-3-4-10(8-19)9-20/h7,10,20H,2-6,8-9H2,1H3,(H,17,18). The summed E-state index contributed by atoms with van der Waals surface area (Å²) >= 11 is 12.4. The van der Waals surface area contributed by atoms with Crippen LogP contribution in [0.1, 0.15) is 26.2 Å². The van der Waals surface area contributed by atoms with Gasteiger partial charge in [0, 0.05) is 26.2 Å². The number of aliphatic hydroxyl groups excluding tert-OH is 1. The second-order valence-corrected chi connectivity index (χ2v) is 6.00. The van der Waals surface area contributed by atoms with Crippen molar-refractivity contribution in [1.29, 1.82) is 0 Å². The van der Waals surface area contributed by atoms with Gasteiger partial charge in [-0.25, -0.2) is 4.98 Å². The van der Waals surface area contributed by atoms with Crippen LogP contribution in [0.25, 0.3) is 0 Å². The molecule has 2 heterocycles. The van der Waals surface area contributed by atoms with Gasteiger partial charge in [-0.15, -0.1) is 0 Å². The molecule has 1 aliphatic rings. The Morgan fingerprint density at radius 3 is 2.95 bits per heavy atom. The molecule has 1 aromatic rings. The van der Waals surface area contributed by atoms with E-state index < -0.39 is 0 Å². The Bertz CT molecular complexity index is 456. The number of rotatable bonds is 5. The molecule has 20 heavy (non-hydrogen) atoms. The minimum Gasteiger partial charge on any atom is -0.396 e. The number of pyridine rings is 1. The molecule has 2 N–H and O–H groups in total. The Hall–Kier alpha value is -0.710. The Morgan fingerprint density at radius 1 is 1.45 bits per heavy atom. The molecule has 112 valence electrons. The smallest absolute Gasteiger partial charge is 0.149 e. The van der Waals surface area contributed by atoms with Crippen molar-refractivity contribution in [3.05, 3.63) is 16.1 Å². The molecule has 0 saturated carbocycles. The topological polar surface area (TPSA) is 48.4 Å². The largest absolute Gasteiger partial charge is 0.396 e. The van der Waals surface area contributed by atoms with Crippen molar-refractivity contribution in [3.63, 3.8) is 0 Å². The lowest BCUT2D eigenvalue weighted by Crippen LogP contribution is -2.37. The molecule has 0 amide bonds. The number of hydrogen-bond donors (Lipinski definition) is 2. The average Bonchev–Trinajstić information content (AvgIpc) is 2.46. The monoisotopic (exact) mass is 317 g/mol. The highest BCUT2D eigenvalue weighted by Crippen LogP contribution is 2.33. The molecular formula is C14H21Cl2N3O. The summed E-state index contributed by atoms with van der Waals surface area (Å²) in [6.07, 6.45) is 3.11. The highest BCUT2D eigenvalue weighted by Gasteiger charge is 2.23. The van der Waals surface area contributed by atoms with Crippen molar-refractivity contribution in [2.75, 3.05) is 36.5 Å². The Labute approximate surface area is 130 Å². The van der Waals surface area contributed by atoms with Gasteiger partial charge >= 0.3 is 0 Å². The van der Waals surface area contributed by atoms with E-state index in [1.54, 1.807) is 6.07 Å². The number of halogens is 2. The third kappa shape index (κ3) is 3.68. The fourth-order valence-corrected chi connectivity index (χ4v) is 3.00. The van der Waals surface area contributed by atoms with Crippen molar-refractivity contribution < 1.29 is 5.11 Å². The molecule has 6 heteroatoms. The zero-order valence-corrected chi connectivity index (χ0v) is 13.2. The van der Waals surface area contributed by atoms with Crippen molar-refractivity contribution in [2.45, 2.75) is 26.2 Å². The number of nitrogens with zero attached hydrogens (tertiary/aromatic N) is 2. The molecule has 4 nitrogen and oxygen atoms in total. The lowest BCUT2D eigenvalue weighted by molar-refractivity contribution is 0.208. The summed E-state index contributed by atoms with van der Waals surface area (Å²) in [5.41, 5.74) is 0. The first-order chi connectivity index (χ1) is 9.65. The fourth-order valence-electron chi connectivity index (χ4n) is 2.45. The second kappa shape index (κ2) is 7.34. The summed E-state index contributed by atoms with van der Waals surface area (Å²) in [5.74, 6) is 1.73. The van der Waals surface area contributed by atoms with E-state index in [9.17, 15) is 5.11 Å². The van der Waals surface area contributed by atoms with Crippen LogP contribution in [0.15, 0.2) is 6.07 Å². The van der Waals surface area contributed by atoms with Gasteiger partial charge in [0.15, 0.2) is 0 Å². The summed E-state index contributed by atoms with van der Waals surface area (Å²) < 4.78 is 0. The lowest BCUT2D eigenvalue weighted by Gasteiger charge is -2.33. The molecule has 0 aliphatic carbocycles. The van der Waals surface area contributed by atoms with Crippen LogP contribution in [0, 0.1) is 5.92 Å². The van der Waals surface area contributed by atoms with Crippen molar-refractivity contribution in [2.24, 2.45) is 5.92 Å². The van der Waals surface area contributed by atoms with Gasteiger partial charge < -0.3 is 15.3 Å². The summed E-state index contributed by atoms with van der Waals surface area (Å²) in [7, 11) is 0. The molecule has 0 radical (unpaired) electrons. The van der Waals surface area contributed by atoms with Gasteiger partial charge in [-0.05, 0) is 31.2 Å². The SMILES string of the molecule is CCCNc1nc(N2CCCC(CO)C2)c(Cl)cc1Cl. The summed E-state index contributed by atoms with van der Waals surface area (Å²) in [6.45, 7) is 4.83. The molecule has 1 fully saturated rings. The van der Waals surface area contributed by atoms with Gasteiger partial charge in [-0.2, -0.15) is 0 Å². The van der Waals surface area contributed by atoms with Crippen molar-refractivity contribution >= 4 is 34.8 Å². The van der Waals surface area contributed by atoms with E-state index in [1.165, 1.54) is 0 Å². The maximum atomic E-state index is 9.33. The third-order valence-corrected chi connectivity index (χ3v) is 4.10. The quantitative estimate of drug-likeness (QED) is 0.873. The highest BCUT2D eigenvalue weighted by molar-refractivity contribution is 6.37. The van der Waals surface area contributed by atoms with Gasteiger partial charge in [-0.1, -0.05) is 30.1 Å². The summed E-state index contributed by atoms with van der Waals surface area (Å²) in [4.78, 5) is 6.71. The lowest BCUT2D eigenvalue weighted by atomic mass is 9.99. The van der Waals surface area contributed by atoms with Crippen LogP contribution in [-0.2, 0) is 0 Å². The fraction of sp³-hybridized carbons (Fsp3) is 0.643. The molecule has 0 spiro atoms. The van der Waals surface area contributed by atoms with Gasteiger partial charge in [0.05, 0.1) is 10.0 Å². The van der Waals surface area contributed by atoms with E-state index in [0.29, 0.717) is 21.8 Å². The van der Waals surface area contributed by atoms with Gasteiger partial charge in [0.2, 0.25) is 0 Å². The minimum atomic E-state index is 0.211. The number of piperidine rings is 1. The first kappa shape index (κ1) is 15.7. The highest BCUT2D eigenvalue weighted by atomic mass is 35.5. The van der Waals surface area contributed by atoms with Crippen LogP contribution >= 0.6 is 23.2 Å². The normalized spacial score (nSPS) is 19.2. The maximum Gasteiger partial charge on any atom is 0.149 e. The minimum absolute atomic E-state index is 0.211. The van der Waals surface area contributed by atoms with Gasteiger partial charge in [0.25, 0.3) is 0 Å². The molecule has 1 aromatic heterocycles. The molecule has 1 aliphatic heterocycles. The number of hydrogen-bond acceptors (Lipinski definition) is 4. The van der Waals surface area contributed by atoms with E-state index in [1.807, 2.05) is 0 Å². The first-order valence-electron chi connectivity index (χ1n) is 7.11. The first-order valence-corrected chi connectivity index (χ1v) is 7.87. The van der Waals surface area contributed by atoms with E-state index in [0.717, 1.165) is 44.7 Å². The summed E-state index contributed by atoms with van der Waals surface area (Å²) in [5, 5.41) is 13.7. The Kier molecular flexibility index (Phi) is 5.75. The second-order valence-electron chi connectivity index (χ2n) is 5.19. The van der Waals surface area contributed by atoms with Gasteiger partial charge in [0.1, 0.15) is 11.6 Å². The Balaban J connectivity index is 2.21. The van der Waals surface area contributed by atoms with Crippen LogP contribution < -0.4 is 10.2 Å². The predicted molar refractivity (Wildman–Crippen MR) is 85.1 cm³/mol. The number of aliphatic hydroxyl groups is 1. The van der Waals surface area contributed by atoms with Gasteiger partial charge in [-0.3, -0.25) is 0 Å². The molecular weight excluding hydrogens is 297 g/mol. The van der Waals surface area contributed by atoms with Crippen LogP contribution in [0.2, 0.25) is 10.0 Å². The maximum absolute atomic E-state index is 9.33. The number of nitrogens with one attached hydrogen (secondary N) is 1. The van der Waals surface area contributed by atoms with Crippen molar-refractivity contribution in [3.8, 4) is 0 Å². The van der Waals surface area contributed by atoms with E-state index >= 15 is 0 Å². The molecule has 2 rings (SSSR count). The predicted octanol–water partition coefficient (Wildman–Crippen LogP) is 3.42. The average molecular weight is 318 g/mol. The van der Waals surface area contributed by atoms with E-state index in [-0.39, 0.29) is 6.61 Å². The molecule has 1 atom stereocenters. The molecule has 1 unspecified atom stereocenters. The van der Waals surface area contributed by atoms with Crippen LogP contribution in [0.5, 0.6) is 0 Å². The number of anilines is 2. The molecule has 1 saturated heterocycles. The van der Waals surface area contributed by atoms with Crippen LogP contribution in [-0.4, -0.2) is 36.3 Å². The summed E-state index contributed by atoms with van der Waals surface area (Å²) in [6, 6.07) is 1.74. The van der Waals surface area contributed by atoms with Crippen molar-refractivity contribution in [1.82, 2.24) is 4.98 Å². The Morgan fingerprint density at radius 2 is 2.25 bits per heavy atom. The zero-order valence-electron chi connectivity index (χ0n) is 11.7. The zero-order chi connectivity index (χ0) is 14.5. The number of aromatic nitrogens is 1. The molecule has 0 bridgehead atoms. The van der Waals surface area contributed by atoms with Crippen LogP contribution in [0.3, 0.4) is 0 Å². The van der Waals surface area contributed by atoms with E-state index in [2.05, 4.69) is 22.1 Å².